The minimum atomic E-state index is -0.339. The van der Waals surface area contributed by atoms with Crippen LogP contribution in [0.1, 0.15) is 24.9 Å². The quantitative estimate of drug-likeness (QED) is 0.774. The molecule has 15 heavy (non-hydrogen) atoms. The summed E-state index contributed by atoms with van der Waals surface area (Å²) in [6.45, 7) is 5.63. The zero-order chi connectivity index (χ0) is 11.4. The molecule has 1 rings (SSSR count). The highest BCUT2D eigenvalue weighted by atomic mass is 19.1. The van der Waals surface area contributed by atoms with E-state index in [9.17, 15) is 4.39 Å². The average Bonchev–Trinajstić information content (AvgIpc) is 2.16. The first-order valence-corrected chi connectivity index (χ1v) is 4.78. The Labute approximate surface area is 89.6 Å². The van der Waals surface area contributed by atoms with Gasteiger partial charge in [0.05, 0.1) is 7.11 Å². The number of halogens is 1. The van der Waals surface area contributed by atoms with Crippen LogP contribution in [-0.2, 0) is 0 Å². The first-order valence-electron chi connectivity index (χ1n) is 4.78. The smallest absolute Gasteiger partial charge is 0.131 e. The molecule has 0 aliphatic carbocycles. The number of nitrogens with two attached hydrogens (primary N) is 1. The maximum absolute atomic E-state index is 13.5. The number of hydrogen-bond donors (Lipinski definition) is 1. The normalized spacial score (nSPS) is 12.3. The molecule has 1 atom stereocenters. The maximum atomic E-state index is 13.5. The Morgan fingerprint density at radius 2 is 2.27 bits per heavy atom. The van der Waals surface area contributed by atoms with Gasteiger partial charge in [-0.2, -0.15) is 0 Å². The van der Waals surface area contributed by atoms with E-state index in [2.05, 4.69) is 6.58 Å². The third-order valence-electron chi connectivity index (χ3n) is 2.18. The number of ether oxygens (including phenoxy) is 1. The number of benzene rings is 1. The van der Waals surface area contributed by atoms with Crippen molar-refractivity contribution in [2.24, 2.45) is 5.73 Å². The van der Waals surface area contributed by atoms with Gasteiger partial charge in [-0.15, -0.1) is 6.58 Å². The van der Waals surface area contributed by atoms with E-state index in [4.69, 9.17) is 10.5 Å². The van der Waals surface area contributed by atoms with Gasteiger partial charge in [0.1, 0.15) is 11.6 Å². The van der Waals surface area contributed by atoms with E-state index in [1.54, 1.807) is 12.1 Å². The largest absolute Gasteiger partial charge is 0.497 e. The van der Waals surface area contributed by atoms with E-state index in [1.165, 1.54) is 13.2 Å². The highest BCUT2D eigenvalue weighted by Crippen LogP contribution is 2.23. The Bertz CT molecular complexity index is 363. The number of rotatable bonds is 4. The van der Waals surface area contributed by atoms with Gasteiger partial charge in [-0.25, -0.2) is 4.39 Å². The highest BCUT2D eigenvalue weighted by Gasteiger charge is 2.12. The van der Waals surface area contributed by atoms with E-state index < -0.39 is 0 Å². The maximum Gasteiger partial charge on any atom is 0.131 e. The lowest BCUT2D eigenvalue weighted by atomic mass is 10.0. The summed E-state index contributed by atoms with van der Waals surface area (Å²) in [6.07, 6.45) is 0.587. The third kappa shape index (κ3) is 3.06. The molecule has 0 amide bonds. The van der Waals surface area contributed by atoms with Crippen LogP contribution in [-0.4, -0.2) is 7.11 Å². The fraction of sp³-hybridized carbons (Fsp3) is 0.333. The van der Waals surface area contributed by atoms with Crippen molar-refractivity contribution in [2.45, 2.75) is 19.4 Å². The number of hydrogen-bond acceptors (Lipinski definition) is 2. The van der Waals surface area contributed by atoms with Crippen LogP contribution in [0.4, 0.5) is 4.39 Å². The van der Waals surface area contributed by atoms with Crippen LogP contribution in [0, 0.1) is 5.82 Å². The lowest BCUT2D eigenvalue weighted by Gasteiger charge is -2.13. The molecule has 0 aromatic heterocycles. The number of methoxy groups -OCH3 is 1. The van der Waals surface area contributed by atoms with E-state index in [0.29, 0.717) is 17.7 Å². The highest BCUT2D eigenvalue weighted by molar-refractivity contribution is 5.31. The molecule has 0 spiro atoms. The van der Waals surface area contributed by atoms with Gasteiger partial charge in [0, 0.05) is 17.7 Å². The Hall–Kier alpha value is -1.35. The minimum Gasteiger partial charge on any atom is -0.497 e. The lowest BCUT2D eigenvalue weighted by Crippen LogP contribution is -2.12. The van der Waals surface area contributed by atoms with Crippen LogP contribution in [0.5, 0.6) is 5.75 Å². The predicted molar refractivity (Wildman–Crippen MR) is 59.3 cm³/mol. The van der Waals surface area contributed by atoms with Gasteiger partial charge in [-0.1, -0.05) is 11.6 Å². The molecule has 0 fully saturated rings. The van der Waals surface area contributed by atoms with E-state index in [-0.39, 0.29) is 11.9 Å². The first kappa shape index (κ1) is 11.7. The lowest BCUT2D eigenvalue weighted by molar-refractivity contribution is 0.410. The molecule has 0 radical (unpaired) electrons. The Morgan fingerprint density at radius 3 is 2.73 bits per heavy atom. The Balaban J connectivity index is 2.90. The SMILES string of the molecule is C=C(C)C[C@@H](N)c1ccc(OC)cc1F. The zero-order valence-electron chi connectivity index (χ0n) is 9.09. The Kier molecular flexibility index (Phi) is 3.86. The van der Waals surface area contributed by atoms with E-state index >= 15 is 0 Å². The van der Waals surface area contributed by atoms with Crippen LogP contribution < -0.4 is 10.5 Å². The standard InChI is InChI=1S/C12H16FNO/c1-8(2)6-12(14)10-5-4-9(15-3)7-11(10)13/h4-5,7,12H,1,6,14H2,2-3H3/t12-/m1/s1. The Morgan fingerprint density at radius 1 is 1.60 bits per heavy atom. The summed E-state index contributed by atoms with van der Waals surface area (Å²) in [7, 11) is 1.50. The van der Waals surface area contributed by atoms with E-state index in [0.717, 1.165) is 5.57 Å². The van der Waals surface area contributed by atoms with Gasteiger partial charge in [0.25, 0.3) is 0 Å². The average molecular weight is 209 g/mol. The molecule has 1 aromatic rings. The minimum absolute atomic E-state index is 0.330. The molecular weight excluding hydrogens is 193 g/mol. The summed E-state index contributed by atoms with van der Waals surface area (Å²) in [6, 6.07) is 4.36. The summed E-state index contributed by atoms with van der Waals surface area (Å²) < 4.78 is 18.5. The summed E-state index contributed by atoms with van der Waals surface area (Å²) in [5, 5.41) is 0. The molecule has 0 heterocycles. The fourth-order valence-corrected chi connectivity index (χ4v) is 1.42. The van der Waals surface area contributed by atoms with Crippen molar-refractivity contribution in [3.63, 3.8) is 0 Å². The molecule has 82 valence electrons. The second-order valence-electron chi connectivity index (χ2n) is 3.66. The zero-order valence-corrected chi connectivity index (χ0v) is 9.09. The summed E-state index contributed by atoms with van der Waals surface area (Å²) in [5.41, 5.74) is 7.29. The van der Waals surface area contributed by atoms with Gasteiger partial charge in [-0.05, 0) is 19.4 Å². The first-order chi connectivity index (χ1) is 7.04. The van der Waals surface area contributed by atoms with Gasteiger partial charge in [-0.3, -0.25) is 0 Å². The predicted octanol–water partition coefficient (Wildman–Crippen LogP) is 2.80. The van der Waals surface area contributed by atoms with Gasteiger partial charge in [0.15, 0.2) is 0 Å². The van der Waals surface area contributed by atoms with Gasteiger partial charge < -0.3 is 10.5 Å². The molecule has 0 saturated heterocycles. The summed E-state index contributed by atoms with van der Waals surface area (Å²) in [4.78, 5) is 0. The van der Waals surface area contributed by atoms with Crippen molar-refractivity contribution >= 4 is 0 Å². The van der Waals surface area contributed by atoms with Crippen molar-refractivity contribution in [3.05, 3.63) is 41.7 Å². The van der Waals surface area contributed by atoms with E-state index in [1.807, 2.05) is 6.92 Å². The monoisotopic (exact) mass is 209 g/mol. The molecule has 0 aliphatic rings. The molecular formula is C12H16FNO. The molecule has 0 unspecified atom stereocenters. The second kappa shape index (κ2) is 4.94. The van der Waals surface area contributed by atoms with Crippen LogP contribution in [0.2, 0.25) is 0 Å². The molecule has 1 aromatic carbocycles. The van der Waals surface area contributed by atoms with Crippen molar-refractivity contribution in [2.75, 3.05) is 7.11 Å². The van der Waals surface area contributed by atoms with Crippen LogP contribution >= 0.6 is 0 Å². The topological polar surface area (TPSA) is 35.2 Å². The van der Waals surface area contributed by atoms with Crippen molar-refractivity contribution in [3.8, 4) is 5.75 Å². The fourth-order valence-electron chi connectivity index (χ4n) is 1.42. The van der Waals surface area contributed by atoms with Crippen LogP contribution in [0.3, 0.4) is 0 Å². The van der Waals surface area contributed by atoms with Gasteiger partial charge in [0.2, 0.25) is 0 Å². The molecule has 2 N–H and O–H groups in total. The van der Waals surface area contributed by atoms with Crippen molar-refractivity contribution in [1.82, 2.24) is 0 Å². The van der Waals surface area contributed by atoms with Crippen molar-refractivity contribution in [1.29, 1.82) is 0 Å². The molecule has 0 saturated carbocycles. The van der Waals surface area contributed by atoms with Crippen LogP contribution in [0.15, 0.2) is 30.4 Å². The molecule has 0 bridgehead atoms. The molecule has 2 nitrogen and oxygen atoms in total. The third-order valence-corrected chi connectivity index (χ3v) is 2.18. The molecule has 3 heteroatoms. The second-order valence-corrected chi connectivity index (χ2v) is 3.66. The van der Waals surface area contributed by atoms with Gasteiger partial charge >= 0.3 is 0 Å². The summed E-state index contributed by atoms with van der Waals surface area (Å²) in [5.74, 6) is 0.168. The van der Waals surface area contributed by atoms with Crippen molar-refractivity contribution < 1.29 is 9.13 Å². The molecule has 0 aliphatic heterocycles. The summed E-state index contributed by atoms with van der Waals surface area (Å²) >= 11 is 0. The van der Waals surface area contributed by atoms with Crippen LogP contribution in [0.25, 0.3) is 0 Å².